The molecule has 1 aromatic heterocycles. The Hall–Kier alpha value is -4.45. The summed E-state index contributed by atoms with van der Waals surface area (Å²) in [6.45, 7) is 26.3. The number of rotatable bonds is 10. The van der Waals surface area contributed by atoms with Crippen LogP contribution in [0.15, 0.2) is 90.8 Å². The number of ketones is 1. The number of aliphatic hydroxyl groups excluding tert-OH is 1. The molecule has 0 fully saturated rings. The number of aliphatic hydroxyl groups is 1. The third kappa shape index (κ3) is 9.37. The van der Waals surface area contributed by atoms with Crippen molar-refractivity contribution in [2.24, 2.45) is 11.8 Å². The molecule has 1 aliphatic rings. The number of hydrogen-bond acceptors (Lipinski definition) is 4. The number of fused-ring (bicyclic) bond motifs is 2. The molecule has 7 heteroatoms. The van der Waals surface area contributed by atoms with E-state index in [9.17, 15) is 9.90 Å². The maximum absolute atomic E-state index is 11.7. The first kappa shape index (κ1) is 46.2. The van der Waals surface area contributed by atoms with Crippen LogP contribution in [0.3, 0.4) is 0 Å². The van der Waals surface area contributed by atoms with Gasteiger partial charge in [-0.1, -0.05) is 119 Å². The summed E-state index contributed by atoms with van der Waals surface area (Å²) in [6.07, 6.45) is 6.98. The maximum atomic E-state index is 11.7. The average molecular weight is 955 g/mol. The standard InChI is InChI=1S/C38H41BN3.C13H24O2.Ir/c1-24-19-25(2)37(26(3)20-24)39-41(9)34-16-15-28(22-36(34)42(39)10)29-17-18-40(8)35(21-29)32-23-33(38(5,6)7)31-14-12-11-13-30(31)27(32)4;1-5-10(6-2)12(14)9-13(15)11(7-3)8-4;/h11-23H,4,8H2,1-3,5-7,9-10H3;9-11,14H,5-8H2,1-4H3;/q-1;;/b;12-9-;. The molecule has 4 aromatic carbocycles. The first-order valence-corrected chi connectivity index (χ1v) is 20.8. The smallest absolute Gasteiger partial charge is 0.411 e. The summed E-state index contributed by atoms with van der Waals surface area (Å²) in [6, 6.07) is 26.8. The van der Waals surface area contributed by atoms with E-state index in [1.165, 1.54) is 67.1 Å². The number of anilines is 2. The molecule has 0 spiro atoms. The minimum atomic E-state index is -0.00699. The SMILES string of the molecule is CCC(CC)C(=O)/C=C(\O)C(CC)CC.[CH2-]c1c(-c2cc(-c3ccc4c(c3)N(C)B(c3c(C)cc(C)cc3C)N4C)cc[n+]2[CH2-])cc(C(C)(C)C)c2ccccc12.[Ir]. The first-order valence-electron chi connectivity index (χ1n) is 20.8. The van der Waals surface area contributed by atoms with Crippen LogP contribution in [0.25, 0.3) is 33.2 Å². The van der Waals surface area contributed by atoms with Crippen molar-refractivity contribution < 1.29 is 34.6 Å². The summed E-state index contributed by atoms with van der Waals surface area (Å²) >= 11 is 0. The Kier molecular flexibility index (Phi) is 15.2. The number of aromatic nitrogens is 1. The first-order chi connectivity index (χ1) is 27.0. The van der Waals surface area contributed by atoms with E-state index >= 15 is 0 Å². The summed E-state index contributed by atoms with van der Waals surface area (Å²) in [4.78, 5) is 16.5. The second-order valence-corrected chi connectivity index (χ2v) is 17.1. The van der Waals surface area contributed by atoms with Gasteiger partial charge in [0.25, 0.3) is 0 Å². The Balaban J connectivity index is 0.000000398. The molecular weight excluding hydrogens is 890 g/mol. The van der Waals surface area contributed by atoms with Crippen molar-refractivity contribution in [3.8, 4) is 22.4 Å². The number of nitrogens with zero attached hydrogens (tertiary/aromatic N) is 3. The molecule has 1 aliphatic heterocycles. The van der Waals surface area contributed by atoms with Crippen LogP contribution in [0.2, 0.25) is 0 Å². The summed E-state index contributed by atoms with van der Waals surface area (Å²) in [5.41, 5.74) is 14.8. The van der Waals surface area contributed by atoms with Crippen molar-refractivity contribution in [3.05, 3.63) is 133 Å². The fraction of sp³-hybridized carbons (Fsp3) is 0.373. The van der Waals surface area contributed by atoms with Gasteiger partial charge in [0.05, 0.1) is 17.6 Å². The predicted molar refractivity (Wildman–Crippen MR) is 246 cm³/mol. The molecule has 5 nitrogen and oxygen atoms in total. The fourth-order valence-corrected chi connectivity index (χ4v) is 8.80. The Morgan fingerprint density at radius 3 is 1.91 bits per heavy atom. The normalized spacial score (nSPS) is 12.9. The quantitative estimate of drug-likeness (QED) is 0.0498. The zero-order valence-corrected chi connectivity index (χ0v) is 39.5. The number of hydrogen-bond donors (Lipinski definition) is 1. The van der Waals surface area contributed by atoms with E-state index in [1.54, 1.807) is 0 Å². The molecule has 0 aliphatic carbocycles. The Morgan fingerprint density at radius 1 is 0.793 bits per heavy atom. The van der Waals surface area contributed by atoms with Gasteiger partial charge >= 0.3 is 6.98 Å². The van der Waals surface area contributed by atoms with Crippen LogP contribution in [0, 0.1) is 46.6 Å². The van der Waals surface area contributed by atoms with Gasteiger partial charge in [-0.2, -0.15) is 12.5 Å². The van der Waals surface area contributed by atoms with Crippen LogP contribution in [0.4, 0.5) is 11.4 Å². The van der Waals surface area contributed by atoms with E-state index in [1.807, 2.05) is 32.3 Å². The molecule has 0 saturated carbocycles. The third-order valence-corrected chi connectivity index (χ3v) is 12.2. The molecule has 6 rings (SSSR count). The molecule has 1 radical (unpaired) electrons. The van der Waals surface area contributed by atoms with Crippen LogP contribution in [0.5, 0.6) is 0 Å². The molecule has 0 bridgehead atoms. The van der Waals surface area contributed by atoms with Gasteiger partial charge in [-0.05, 0) is 101 Å². The average Bonchev–Trinajstić information content (AvgIpc) is 3.40. The van der Waals surface area contributed by atoms with Gasteiger partial charge in [-0.25, -0.2) is 0 Å². The molecule has 5 aromatic rings. The number of carbonyl (C=O) groups is 1. The van der Waals surface area contributed by atoms with Crippen LogP contribution in [0.1, 0.15) is 102 Å². The number of aryl methyl sites for hydroxylation is 3. The van der Waals surface area contributed by atoms with Crippen molar-refractivity contribution in [2.45, 2.75) is 100 Å². The Morgan fingerprint density at radius 2 is 1.34 bits per heavy atom. The molecule has 2 heterocycles. The van der Waals surface area contributed by atoms with Crippen molar-refractivity contribution >= 4 is 40.4 Å². The van der Waals surface area contributed by atoms with Gasteiger partial charge in [0, 0.05) is 56.4 Å². The van der Waals surface area contributed by atoms with Gasteiger partial charge in [0.1, 0.15) is 0 Å². The van der Waals surface area contributed by atoms with Crippen molar-refractivity contribution in [1.29, 1.82) is 0 Å². The zero-order chi connectivity index (χ0) is 41.9. The molecular formula is C51H65BIrN3O2-. The van der Waals surface area contributed by atoms with E-state index in [0.717, 1.165) is 42.5 Å². The second kappa shape index (κ2) is 19.1. The number of allylic oxidation sites excluding steroid dienone is 2. The van der Waals surface area contributed by atoms with Crippen LogP contribution >= 0.6 is 0 Å². The summed E-state index contributed by atoms with van der Waals surface area (Å²) in [5, 5.41) is 12.2. The minimum Gasteiger partial charge on any atom is -0.512 e. The molecule has 0 amide bonds. The Bertz CT molecular complexity index is 2260. The van der Waals surface area contributed by atoms with E-state index in [-0.39, 0.29) is 55.9 Å². The number of carbonyl (C=O) groups excluding carboxylic acids is 1. The fourth-order valence-electron chi connectivity index (χ4n) is 8.80. The van der Waals surface area contributed by atoms with Crippen LogP contribution < -0.4 is 19.7 Å². The van der Waals surface area contributed by atoms with E-state index < -0.39 is 0 Å². The number of pyridine rings is 1. The predicted octanol–water partition coefficient (Wildman–Crippen LogP) is 11.7. The molecule has 0 atom stereocenters. The second-order valence-electron chi connectivity index (χ2n) is 17.1. The molecule has 0 unspecified atom stereocenters. The van der Waals surface area contributed by atoms with Gasteiger partial charge in [0.15, 0.2) is 5.78 Å². The van der Waals surface area contributed by atoms with E-state index in [4.69, 9.17) is 0 Å². The largest absolute Gasteiger partial charge is 0.512 e. The van der Waals surface area contributed by atoms with Crippen molar-refractivity contribution in [2.75, 3.05) is 23.7 Å². The zero-order valence-electron chi connectivity index (χ0n) is 37.1. The topological polar surface area (TPSA) is 47.7 Å². The number of benzene rings is 4. The van der Waals surface area contributed by atoms with Gasteiger partial charge in [0.2, 0.25) is 0 Å². The third-order valence-electron chi connectivity index (χ3n) is 12.2. The van der Waals surface area contributed by atoms with Crippen LogP contribution in [-0.4, -0.2) is 32.0 Å². The summed E-state index contributed by atoms with van der Waals surface area (Å²) in [7, 11) is 8.79. The van der Waals surface area contributed by atoms with E-state index in [0.29, 0.717) is 0 Å². The summed E-state index contributed by atoms with van der Waals surface area (Å²) in [5.74, 6) is 0.547. The van der Waals surface area contributed by atoms with Gasteiger partial charge in [-0.15, -0.1) is 23.1 Å². The minimum absolute atomic E-state index is 0. The van der Waals surface area contributed by atoms with Gasteiger partial charge < -0.3 is 19.3 Å². The van der Waals surface area contributed by atoms with Crippen molar-refractivity contribution in [3.63, 3.8) is 0 Å². The van der Waals surface area contributed by atoms with E-state index in [2.05, 4.69) is 158 Å². The van der Waals surface area contributed by atoms with Crippen LogP contribution in [-0.2, 0) is 30.3 Å². The maximum Gasteiger partial charge on any atom is 0.411 e. The molecule has 1 N–H and O–H groups in total. The summed E-state index contributed by atoms with van der Waals surface area (Å²) < 4.78 is 1.97. The Labute approximate surface area is 364 Å². The molecule has 0 saturated heterocycles. The van der Waals surface area contributed by atoms with Gasteiger partial charge in [-0.3, -0.25) is 4.79 Å². The monoisotopic (exact) mass is 955 g/mol. The molecule has 309 valence electrons. The van der Waals surface area contributed by atoms with Crippen molar-refractivity contribution in [1.82, 2.24) is 0 Å². The molecule has 58 heavy (non-hydrogen) atoms.